The maximum Gasteiger partial charge on any atom is 0.137 e. The zero-order chi connectivity index (χ0) is 14.7. The van der Waals surface area contributed by atoms with Gasteiger partial charge in [-0.3, -0.25) is 0 Å². The van der Waals surface area contributed by atoms with E-state index in [0.717, 1.165) is 31.4 Å². The van der Waals surface area contributed by atoms with Crippen LogP contribution in [0.15, 0.2) is 18.5 Å². The first-order chi connectivity index (χ1) is 9.66. The van der Waals surface area contributed by atoms with E-state index in [4.69, 9.17) is 16.7 Å². The average Bonchev–Trinajstić information content (AvgIpc) is 2.38. The number of rotatable bonds is 2. The third-order valence-corrected chi connectivity index (χ3v) is 3.73. The fourth-order valence-corrected chi connectivity index (χ4v) is 2.51. The molecule has 0 saturated carbocycles. The summed E-state index contributed by atoms with van der Waals surface area (Å²) in [6, 6.07) is 1.96. The number of pyridine rings is 2. The third-order valence-electron chi connectivity index (χ3n) is 3.53. The minimum atomic E-state index is 0.434. The quantitative estimate of drug-likeness (QED) is 0.864. The van der Waals surface area contributed by atoms with E-state index in [1.165, 1.54) is 17.4 Å². The first-order valence-corrected chi connectivity index (χ1v) is 7.18. The monoisotopic (exact) mass is 293 g/mol. The van der Waals surface area contributed by atoms with Crippen molar-refractivity contribution >= 4 is 28.2 Å². The van der Waals surface area contributed by atoms with Gasteiger partial charge in [-0.15, -0.1) is 0 Å². The van der Waals surface area contributed by atoms with Crippen molar-refractivity contribution in [3.63, 3.8) is 0 Å². The van der Waals surface area contributed by atoms with E-state index in [0.29, 0.717) is 11.1 Å². The molecule has 1 aliphatic heterocycles. The molecule has 1 aliphatic rings. The van der Waals surface area contributed by atoms with Gasteiger partial charge in [0.1, 0.15) is 11.0 Å². The summed E-state index contributed by atoms with van der Waals surface area (Å²) in [6.07, 6.45) is 5.08. The van der Waals surface area contributed by atoms with Crippen LogP contribution in [-0.2, 0) is 0 Å². The van der Waals surface area contributed by atoms with Crippen molar-refractivity contribution in [3.05, 3.63) is 29.2 Å². The normalized spacial score (nSPS) is 14.0. The van der Waals surface area contributed by atoms with Crippen LogP contribution in [0.4, 0.5) is 5.82 Å². The Morgan fingerprint density at radius 3 is 2.40 bits per heavy atom. The summed E-state index contributed by atoms with van der Waals surface area (Å²) in [5.74, 6) is 1.48. The largest absolute Gasteiger partial charge is 0.400 e. The van der Waals surface area contributed by atoms with Gasteiger partial charge in [-0.25, -0.2) is 9.97 Å². The number of anilines is 1. The van der Waals surface area contributed by atoms with E-state index >= 15 is 0 Å². The molecule has 3 heterocycles. The molecule has 3 rings (SSSR count). The zero-order valence-corrected chi connectivity index (χ0v) is 12.9. The molecule has 1 N–H and O–H groups in total. The minimum Gasteiger partial charge on any atom is -0.400 e. The molecule has 2 aromatic heterocycles. The molecular weight excluding hydrogens is 274 g/mol. The second kappa shape index (κ2) is 6.37. The van der Waals surface area contributed by atoms with Crippen LogP contribution in [0.5, 0.6) is 0 Å². The molecule has 0 aliphatic carbocycles. The molecule has 0 spiro atoms. The zero-order valence-electron chi connectivity index (χ0n) is 12.1. The van der Waals surface area contributed by atoms with Crippen molar-refractivity contribution in [2.24, 2.45) is 0 Å². The number of fused-ring (bicyclic) bond motifs is 1. The summed E-state index contributed by atoms with van der Waals surface area (Å²) in [5, 5.41) is 9.84. The fraction of sp³-hybridized carbons (Fsp3) is 0.467. The van der Waals surface area contributed by atoms with Crippen LogP contribution in [0.1, 0.15) is 31.7 Å². The number of aliphatic hydroxyl groups excluding tert-OH is 1. The highest BCUT2D eigenvalue weighted by molar-refractivity contribution is 6.30. The molecule has 0 amide bonds. The molecule has 2 aromatic rings. The van der Waals surface area contributed by atoms with Crippen LogP contribution in [0.2, 0.25) is 5.15 Å². The van der Waals surface area contributed by atoms with Crippen molar-refractivity contribution in [2.45, 2.75) is 26.2 Å². The van der Waals surface area contributed by atoms with Crippen molar-refractivity contribution in [3.8, 4) is 0 Å². The Hall–Kier alpha value is -1.39. The van der Waals surface area contributed by atoms with Gasteiger partial charge >= 0.3 is 0 Å². The van der Waals surface area contributed by atoms with Gasteiger partial charge in [-0.05, 0) is 29.4 Å². The Morgan fingerprint density at radius 1 is 1.15 bits per heavy atom. The van der Waals surface area contributed by atoms with Crippen LogP contribution in [0.3, 0.4) is 0 Å². The van der Waals surface area contributed by atoms with Gasteiger partial charge < -0.3 is 10.0 Å². The lowest BCUT2D eigenvalue weighted by Gasteiger charge is -2.33. The number of hydrogen-bond donors (Lipinski definition) is 1. The Balaban J connectivity index is 0.000000704. The van der Waals surface area contributed by atoms with E-state index < -0.39 is 0 Å². The van der Waals surface area contributed by atoms with Crippen LogP contribution < -0.4 is 4.90 Å². The van der Waals surface area contributed by atoms with Crippen molar-refractivity contribution in [1.82, 2.24) is 9.97 Å². The molecule has 0 aromatic carbocycles. The Bertz CT molecular complexity index is 597. The van der Waals surface area contributed by atoms with Crippen molar-refractivity contribution in [1.29, 1.82) is 0 Å². The Labute approximate surface area is 124 Å². The molecule has 1 saturated heterocycles. The number of nitrogens with zero attached hydrogens (tertiary/aromatic N) is 3. The second-order valence-corrected chi connectivity index (χ2v) is 5.47. The van der Waals surface area contributed by atoms with Crippen LogP contribution >= 0.6 is 11.6 Å². The molecule has 1 fully saturated rings. The molecule has 0 atom stereocenters. The first-order valence-electron chi connectivity index (χ1n) is 6.80. The summed E-state index contributed by atoms with van der Waals surface area (Å²) < 4.78 is 0. The molecule has 0 radical (unpaired) electrons. The van der Waals surface area contributed by atoms with Gasteiger partial charge in [0.05, 0.1) is 0 Å². The molecular formula is C15H20ClN3O. The van der Waals surface area contributed by atoms with Crippen molar-refractivity contribution in [2.75, 3.05) is 25.1 Å². The lowest BCUT2D eigenvalue weighted by molar-refractivity contribution is 0.399. The summed E-state index contributed by atoms with van der Waals surface area (Å²) >= 11 is 6.03. The van der Waals surface area contributed by atoms with E-state index in [-0.39, 0.29) is 0 Å². The van der Waals surface area contributed by atoms with E-state index in [1.807, 2.05) is 18.5 Å². The Morgan fingerprint density at radius 2 is 1.85 bits per heavy atom. The van der Waals surface area contributed by atoms with Gasteiger partial charge in [-0.2, -0.15) is 0 Å². The van der Waals surface area contributed by atoms with Gasteiger partial charge in [0.2, 0.25) is 0 Å². The number of halogens is 1. The maximum absolute atomic E-state index is 7.00. The maximum atomic E-state index is 7.00. The number of aliphatic hydroxyl groups is 1. The molecule has 0 bridgehead atoms. The van der Waals surface area contributed by atoms with Crippen molar-refractivity contribution < 1.29 is 5.11 Å². The lowest BCUT2D eigenvalue weighted by atomic mass is 9.99. The number of aromatic nitrogens is 2. The van der Waals surface area contributed by atoms with Crippen LogP contribution in [-0.4, -0.2) is 35.3 Å². The molecule has 4 nitrogen and oxygen atoms in total. The highest BCUT2D eigenvalue weighted by Crippen LogP contribution is 2.33. The molecule has 0 unspecified atom stereocenters. The van der Waals surface area contributed by atoms with Crippen LogP contribution in [0.25, 0.3) is 10.8 Å². The van der Waals surface area contributed by atoms with E-state index in [2.05, 4.69) is 28.7 Å². The third kappa shape index (κ3) is 2.72. The molecule has 5 heteroatoms. The Kier molecular flexibility index (Phi) is 4.78. The van der Waals surface area contributed by atoms with E-state index in [1.54, 1.807) is 0 Å². The lowest BCUT2D eigenvalue weighted by Crippen LogP contribution is -2.37. The predicted molar refractivity (Wildman–Crippen MR) is 83.6 cm³/mol. The summed E-state index contributed by atoms with van der Waals surface area (Å²) in [4.78, 5) is 11.1. The van der Waals surface area contributed by atoms with E-state index in [9.17, 15) is 0 Å². The van der Waals surface area contributed by atoms with Gasteiger partial charge in [-0.1, -0.05) is 25.4 Å². The summed E-state index contributed by atoms with van der Waals surface area (Å²) in [7, 11) is 1.00. The van der Waals surface area contributed by atoms with Gasteiger partial charge in [0.25, 0.3) is 0 Å². The fourth-order valence-electron chi connectivity index (χ4n) is 2.36. The molecule has 20 heavy (non-hydrogen) atoms. The summed E-state index contributed by atoms with van der Waals surface area (Å²) in [5.41, 5.74) is 1.23. The topological polar surface area (TPSA) is 49.2 Å². The first kappa shape index (κ1) is 15.0. The number of hydrogen-bond acceptors (Lipinski definition) is 4. The van der Waals surface area contributed by atoms with Crippen LogP contribution in [0, 0.1) is 0 Å². The highest BCUT2D eigenvalue weighted by atomic mass is 35.5. The van der Waals surface area contributed by atoms with Gasteiger partial charge in [0.15, 0.2) is 0 Å². The minimum absolute atomic E-state index is 0.434. The van der Waals surface area contributed by atoms with Gasteiger partial charge in [0, 0.05) is 38.0 Å². The average molecular weight is 294 g/mol. The highest BCUT2D eigenvalue weighted by Gasteiger charge is 2.20. The second-order valence-electron chi connectivity index (χ2n) is 5.09. The molecule has 108 valence electrons. The summed E-state index contributed by atoms with van der Waals surface area (Å²) in [6.45, 7) is 6.53. The smallest absolute Gasteiger partial charge is 0.137 e. The SMILES string of the molecule is CC(C)c1cnc(N2CCC2)c2cnc(Cl)cc12.CO. The standard InChI is InChI=1S/C14H16ClN3.CH4O/c1-9(2)11-7-17-14(18-4-3-5-18)12-8-16-13(15)6-10(11)12;1-2/h6-9H,3-5H2,1-2H3;2H,1H3. The predicted octanol–water partition coefficient (Wildman–Crippen LogP) is 3.23.